The van der Waals surface area contributed by atoms with Crippen molar-refractivity contribution in [2.75, 3.05) is 25.0 Å². The lowest BCUT2D eigenvalue weighted by Crippen LogP contribution is -2.38. The molecule has 4 aromatic rings. The quantitative estimate of drug-likeness (QED) is 0.340. The smallest absolute Gasteiger partial charge is 0.290 e. The molecule has 1 fully saturated rings. The Bertz CT molecular complexity index is 1220. The fraction of sp³-hybridized carbons (Fsp3) is 0.250. The molecule has 166 valence electrons. The molecule has 2 atom stereocenters. The van der Waals surface area contributed by atoms with Crippen molar-refractivity contribution in [3.63, 3.8) is 0 Å². The molecule has 32 heavy (non-hydrogen) atoms. The lowest BCUT2D eigenvalue weighted by molar-refractivity contribution is -0.122. The molecular formula is C20H20FN7O3S. The zero-order valence-corrected chi connectivity index (χ0v) is 17.8. The molecule has 0 bridgehead atoms. The standard InChI is InChI=1S/C19H18FN7OS.CH2O2/c1-27(15-9-21-8-13(15)20)19-24-18-17(29-19)5-14(25-26-18)12-3-2-10(4-16(12)28)11-6-22-23-7-11;2-1-3/h2-7,13,15,21,28H,8-9H2,1H3,(H,22,23);1H,(H,2,3)/t13-,15+;/m0./s1. The Morgan fingerprint density at radius 1 is 1.25 bits per heavy atom. The molecule has 0 aliphatic carbocycles. The van der Waals surface area contributed by atoms with E-state index in [0.717, 1.165) is 15.8 Å². The molecule has 1 saturated heterocycles. The van der Waals surface area contributed by atoms with Crippen LogP contribution in [0.4, 0.5) is 9.52 Å². The highest BCUT2D eigenvalue weighted by atomic mass is 32.1. The van der Waals surface area contributed by atoms with Gasteiger partial charge in [-0.2, -0.15) is 10.1 Å². The van der Waals surface area contributed by atoms with Gasteiger partial charge in [0.25, 0.3) is 6.47 Å². The number of phenols is 1. The van der Waals surface area contributed by atoms with Crippen LogP contribution in [0.5, 0.6) is 5.75 Å². The third-order valence-corrected chi connectivity index (χ3v) is 6.24. The number of hydrogen-bond donors (Lipinski definition) is 4. The van der Waals surface area contributed by atoms with E-state index in [1.54, 1.807) is 24.5 Å². The average molecular weight is 457 g/mol. The normalized spacial score (nSPS) is 17.7. The first kappa shape index (κ1) is 21.6. The molecule has 0 spiro atoms. The summed E-state index contributed by atoms with van der Waals surface area (Å²) in [6.45, 7) is 0.694. The van der Waals surface area contributed by atoms with Crippen LogP contribution in [0.15, 0.2) is 36.7 Å². The topological polar surface area (TPSA) is 140 Å². The number of nitrogens with one attached hydrogen (secondary N) is 2. The number of carboxylic acid groups (broad SMARTS) is 1. The Kier molecular flexibility index (Phi) is 6.23. The van der Waals surface area contributed by atoms with Crippen LogP contribution < -0.4 is 10.2 Å². The number of aromatic hydroxyl groups is 1. The maximum Gasteiger partial charge on any atom is 0.290 e. The Morgan fingerprint density at radius 2 is 2.06 bits per heavy atom. The zero-order valence-electron chi connectivity index (χ0n) is 16.9. The van der Waals surface area contributed by atoms with Gasteiger partial charge in [-0.15, -0.1) is 10.2 Å². The van der Waals surface area contributed by atoms with Crippen LogP contribution in [-0.2, 0) is 4.79 Å². The van der Waals surface area contributed by atoms with Crippen molar-refractivity contribution in [2.45, 2.75) is 12.2 Å². The zero-order chi connectivity index (χ0) is 22.7. The number of carbonyl (C=O) groups is 1. The lowest BCUT2D eigenvalue weighted by atomic mass is 10.0. The van der Waals surface area contributed by atoms with Crippen molar-refractivity contribution in [3.8, 4) is 28.1 Å². The van der Waals surface area contributed by atoms with Crippen LogP contribution in [0, 0.1) is 0 Å². The number of fused-ring (bicyclic) bond motifs is 1. The second kappa shape index (κ2) is 9.24. The van der Waals surface area contributed by atoms with Crippen molar-refractivity contribution < 1.29 is 19.4 Å². The predicted octanol–water partition coefficient (Wildman–Crippen LogP) is 2.30. The maximum atomic E-state index is 14.1. The number of phenolic OH excluding ortho intramolecular Hbond substituents is 1. The first-order valence-electron chi connectivity index (χ1n) is 9.64. The van der Waals surface area contributed by atoms with E-state index in [1.807, 2.05) is 24.1 Å². The molecule has 0 unspecified atom stereocenters. The number of hydrogen-bond acceptors (Lipinski definition) is 9. The summed E-state index contributed by atoms with van der Waals surface area (Å²) in [4.78, 5) is 14.7. The highest BCUT2D eigenvalue weighted by molar-refractivity contribution is 7.22. The van der Waals surface area contributed by atoms with Crippen LogP contribution in [0.3, 0.4) is 0 Å². The van der Waals surface area contributed by atoms with Gasteiger partial charge < -0.3 is 20.4 Å². The van der Waals surface area contributed by atoms with E-state index in [2.05, 4.69) is 30.7 Å². The molecule has 4 heterocycles. The van der Waals surface area contributed by atoms with Gasteiger partial charge in [0.05, 0.1) is 22.6 Å². The van der Waals surface area contributed by atoms with E-state index < -0.39 is 6.17 Å². The number of likely N-dealkylation sites (N-methyl/N-ethyl adjacent to an activating group) is 1. The monoisotopic (exact) mass is 457 g/mol. The van der Waals surface area contributed by atoms with Crippen molar-refractivity contribution in [1.29, 1.82) is 0 Å². The molecule has 3 aromatic heterocycles. The molecule has 1 aliphatic rings. The molecule has 0 amide bonds. The van der Waals surface area contributed by atoms with E-state index in [0.29, 0.717) is 35.1 Å². The SMILES string of the molecule is CN(c1nc2nnc(-c3ccc(-c4cn[nH]c4)cc3O)cc2s1)[C@@H]1CNC[C@@H]1F.O=CO. The minimum atomic E-state index is -0.931. The number of halogens is 1. The summed E-state index contributed by atoms with van der Waals surface area (Å²) in [5, 5.41) is 36.3. The van der Waals surface area contributed by atoms with Gasteiger partial charge in [-0.3, -0.25) is 9.89 Å². The number of aromatic nitrogens is 5. The van der Waals surface area contributed by atoms with Gasteiger partial charge in [-0.1, -0.05) is 17.4 Å². The Morgan fingerprint density at radius 3 is 2.72 bits per heavy atom. The summed E-state index contributed by atoms with van der Waals surface area (Å²) in [5.41, 5.74) is 3.38. The molecule has 5 rings (SSSR count). The van der Waals surface area contributed by atoms with Crippen molar-refractivity contribution in [2.24, 2.45) is 0 Å². The summed E-state index contributed by atoms with van der Waals surface area (Å²) in [5.74, 6) is 0.108. The number of thiazole rings is 1. The van der Waals surface area contributed by atoms with Gasteiger partial charge >= 0.3 is 0 Å². The van der Waals surface area contributed by atoms with Gasteiger partial charge in [0.15, 0.2) is 10.8 Å². The predicted molar refractivity (Wildman–Crippen MR) is 119 cm³/mol. The number of aromatic amines is 1. The summed E-state index contributed by atoms with van der Waals surface area (Å²) in [7, 11) is 1.84. The summed E-state index contributed by atoms with van der Waals surface area (Å²) >= 11 is 1.43. The number of alkyl halides is 1. The number of rotatable bonds is 4. The molecule has 1 aliphatic heterocycles. The Balaban J connectivity index is 0.000000775. The molecule has 0 radical (unpaired) electrons. The number of H-pyrrole nitrogens is 1. The largest absolute Gasteiger partial charge is 0.507 e. The van der Waals surface area contributed by atoms with Gasteiger partial charge in [0, 0.05) is 37.5 Å². The van der Waals surface area contributed by atoms with Crippen LogP contribution in [0.25, 0.3) is 32.7 Å². The van der Waals surface area contributed by atoms with E-state index in [-0.39, 0.29) is 18.3 Å². The minimum absolute atomic E-state index is 0.108. The van der Waals surface area contributed by atoms with Crippen molar-refractivity contribution >= 4 is 33.3 Å². The third-order valence-electron chi connectivity index (χ3n) is 5.16. The lowest BCUT2D eigenvalue weighted by Gasteiger charge is -2.24. The van der Waals surface area contributed by atoms with E-state index >= 15 is 0 Å². The second-order valence-corrected chi connectivity index (χ2v) is 8.10. The van der Waals surface area contributed by atoms with Crippen molar-refractivity contribution in [1.82, 2.24) is 30.7 Å². The Labute approximate surface area is 185 Å². The van der Waals surface area contributed by atoms with Gasteiger partial charge in [-0.05, 0) is 23.8 Å². The first-order valence-corrected chi connectivity index (χ1v) is 10.5. The maximum absolute atomic E-state index is 14.1. The fourth-order valence-electron chi connectivity index (χ4n) is 3.51. The number of nitrogens with zero attached hydrogens (tertiary/aromatic N) is 5. The van der Waals surface area contributed by atoms with Crippen molar-refractivity contribution in [3.05, 3.63) is 36.7 Å². The molecular weight excluding hydrogens is 437 g/mol. The summed E-state index contributed by atoms with van der Waals surface area (Å²) < 4.78 is 14.9. The molecule has 4 N–H and O–H groups in total. The van der Waals surface area contributed by atoms with E-state index in [4.69, 9.17) is 9.90 Å². The van der Waals surface area contributed by atoms with Crippen LogP contribution in [0.1, 0.15) is 0 Å². The third kappa shape index (κ3) is 4.22. The highest BCUT2D eigenvalue weighted by Crippen LogP contribution is 2.35. The molecule has 10 nitrogen and oxygen atoms in total. The average Bonchev–Trinajstić information content (AvgIpc) is 3.54. The molecule has 12 heteroatoms. The molecule has 1 aromatic carbocycles. The van der Waals surface area contributed by atoms with Crippen LogP contribution in [0.2, 0.25) is 0 Å². The Hall–Kier alpha value is -3.64. The highest BCUT2D eigenvalue weighted by Gasteiger charge is 2.31. The van der Waals surface area contributed by atoms with Gasteiger partial charge in [-0.25, -0.2) is 4.39 Å². The summed E-state index contributed by atoms with van der Waals surface area (Å²) in [6.07, 6.45) is 2.52. The van der Waals surface area contributed by atoms with Crippen LogP contribution in [-0.4, -0.2) is 74.4 Å². The van der Waals surface area contributed by atoms with Gasteiger partial charge in [0.2, 0.25) is 0 Å². The second-order valence-electron chi connectivity index (χ2n) is 7.09. The number of anilines is 1. The first-order chi connectivity index (χ1) is 15.5. The minimum Gasteiger partial charge on any atom is -0.507 e. The number of benzene rings is 1. The van der Waals surface area contributed by atoms with Crippen LogP contribution >= 0.6 is 11.3 Å². The fourth-order valence-corrected chi connectivity index (χ4v) is 4.46. The summed E-state index contributed by atoms with van der Waals surface area (Å²) in [6, 6.07) is 6.98. The van der Waals surface area contributed by atoms with E-state index in [9.17, 15) is 9.50 Å². The van der Waals surface area contributed by atoms with E-state index in [1.165, 1.54) is 11.3 Å². The molecule has 0 saturated carbocycles. The van der Waals surface area contributed by atoms with Gasteiger partial charge in [0.1, 0.15) is 11.9 Å².